The van der Waals surface area contributed by atoms with Gasteiger partial charge in [0.15, 0.2) is 5.82 Å². The number of hydrogen-bond donors (Lipinski definition) is 0. The van der Waals surface area contributed by atoms with Crippen molar-refractivity contribution in [3.63, 3.8) is 0 Å². The topological polar surface area (TPSA) is 87.0 Å². The van der Waals surface area contributed by atoms with E-state index in [-0.39, 0.29) is 38.2 Å². The zero-order valence-corrected chi connectivity index (χ0v) is 19.3. The van der Waals surface area contributed by atoms with Crippen molar-refractivity contribution < 1.29 is 37.2 Å². The molecule has 8 nitrogen and oxygen atoms in total. The number of halogens is 1. The summed E-state index contributed by atoms with van der Waals surface area (Å²) in [6, 6.07) is 6.00. The summed E-state index contributed by atoms with van der Waals surface area (Å²) in [5, 5.41) is 15.0. The summed E-state index contributed by atoms with van der Waals surface area (Å²) in [5.74, 6) is 1.91. The van der Waals surface area contributed by atoms with Crippen molar-refractivity contribution in [2.75, 3.05) is 0 Å². The van der Waals surface area contributed by atoms with E-state index in [1.165, 1.54) is 4.80 Å². The van der Waals surface area contributed by atoms with Crippen molar-refractivity contribution in [2.24, 2.45) is 5.92 Å². The third kappa shape index (κ3) is 3.20. The second-order valence-electron chi connectivity index (χ2n) is 7.48. The summed E-state index contributed by atoms with van der Waals surface area (Å²) in [6.45, 7) is 4.11. The Kier molecular flexibility index (Phi) is 5.33. The molecule has 28 heavy (non-hydrogen) atoms. The van der Waals surface area contributed by atoms with Crippen molar-refractivity contribution in [3.05, 3.63) is 52.8 Å². The zero-order valence-electron chi connectivity index (χ0n) is 15.7. The van der Waals surface area contributed by atoms with Gasteiger partial charge in [-0.1, -0.05) is 29.7 Å². The summed E-state index contributed by atoms with van der Waals surface area (Å²) in [6.07, 6.45) is 6.29. The van der Waals surface area contributed by atoms with E-state index in [4.69, 9.17) is 21.5 Å². The number of rotatable bonds is 4. The summed E-state index contributed by atoms with van der Waals surface area (Å²) in [7, 11) is 0. The standard InChI is InChI=1S/C18H19ClN7O.Y/c1-11-7-14-10-18(9-11,17-22-12(2)24-27-17)25(14)23-13-3-4-15(19)16(8-13)26-20-5-6-21-26;/h3-6,8,11,14H,7,9-10H2,1-2H3;/q-1;. The minimum absolute atomic E-state index is 0. The van der Waals surface area contributed by atoms with Crippen molar-refractivity contribution in [1.29, 1.82) is 0 Å². The number of nitrogens with zero attached hydrogens (tertiary/aromatic N) is 7. The average Bonchev–Trinajstić information content (AvgIpc) is 3.32. The van der Waals surface area contributed by atoms with Gasteiger partial charge in [0, 0.05) is 32.7 Å². The Morgan fingerprint density at radius 3 is 2.75 bits per heavy atom. The van der Waals surface area contributed by atoms with Crippen LogP contribution in [0.1, 0.15) is 37.9 Å². The van der Waals surface area contributed by atoms with Crippen LogP contribution in [0.15, 0.2) is 35.1 Å². The van der Waals surface area contributed by atoms with Gasteiger partial charge in [-0.25, -0.2) is 0 Å². The molecular formula is C18H19ClN7OY-. The van der Waals surface area contributed by atoms with Crippen LogP contribution in [-0.2, 0) is 38.2 Å². The molecule has 2 aromatic heterocycles. The first-order valence-corrected chi connectivity index (χ1v) is 9.41. The largest absolute Gasteiger partial charge is 0.619 e. The summed E-state index contributed by atoms with van der Waals surface area (Å²) < 4.78 is 5.55. The molecule has 5 rings (SSSR count). The van der Waals surface area contributed by atoms with Crippen LogP contribution in [-0.4, -0.2) is 36.2 Å². The molecule has 3 atom stereocenters. The Morgan fingerprint density at radius 1 is 1.25 bits per heavy atom. The fraction of sp³-hybridized carbons (Fsp3) is 0.444. The number of aromatic nitrogens is 5. The van der Waals surface area contributed by atoms with Gasteiger partial charge < -0.3 is 15.0 Å². The molecule has 0 amide bonds. The second kappa shape index (κ2) is 7.48. The maximum absolute atomic E-state index is 6.32. The van der Waals surface area contributed by atoms with Crippen LogP contribution in [0.3, 0.4) is 0 Å². The number of piperidine rings is 1. The first kappa shape index (κ1) is 19.9. The number of aryl methyl sites for hydroxylation is 1. The summed E-state index contributed by atoms with van der Waals surface area (Å²) >= 11 is 6.32. The Hall–Kier alpha value is -1.35. The van der Waals surface area contributed by atoms with Gasteiger partial charge in [-0.15, -0.1) is 5.69 Å². The third-order valence-electron chi connectivity index (χ3n) is 5.43. The van der Waals surface area contributed by atoms with Gasteiger partial charge in [-0.3, -0.25) is 0 Å². The van der Waals surface area contributed by atoms with Crippen LogP contribution in [0.5, 0.6) is 0 Å². The predicted molar refractivity (Wildman–Crippen MR) is 98.7 cm³/mol. The van der Waals surface area contributed by atoms with Crippen LogP contribution in [0, 0.1) is 12.8 Å². The molecule has 3 aromatic rings. The van der Waals surface area contributed by atoms with Crippen LogP contribution in [0.4, 0.5) is 5.69 Å². The molecule has 3 heterocycles. The van der Waals surface area contributed by atoms with Crippen LogP contribution < -0.4 is 0 Å². The van der Waals surface area contributed by atoms with Crippen molar-refractivity contribution in [3.8, 4) is 5.69 Å². The van der Waals surface area contributed by atoms with Crippen LogP contribution in [0.2, 0.25) is 5.02 Å². The van der Waals surface area contributed by atoms with E-state index in [2.05, 4.69) is 32.3 Å². The molecule has 1 saturated carbocycles. The smallest absolute Gasteiger partial charge is 0.246 e. The summed E-state index contributed by atoms with van der Waals surface area (Å²) in [5.41, 5.74) is 6.12. The molecule has 1 aliphatic heterocycles. The molecule has 3 unspecified atom stereocenters. The minimum Gasteiger partial charge on any atom is -0.619 e. The predicted octanol–water partition coefficient (Wildman–Crippen LogP) is 3.93. The van der Waals surface area contributed by atoms with E-state index in [1.54, 1.807) is 12.4 Å². The molecule has 1 aliphatic carbocycles. The fourth-order valence-electron chi connectivity index (χ4n) is 4.41. The molecular weight excluding hydrogens is 455 g/mol. The summed E-state index contributed by atoms with van der Waals surface area (Å²) in [4.78, 5) is 6.02. The zero-order chi connectivity index (χ0) is 18.6. The van der Waals surface area contributed by atoms with Crippen LogP contribution in [0.25, 0.3) is 11.1 Å². The van der Waals surface area contributed by atoms with Crippen molar-refractivity contribution >= 4 is 17.3 Å². The van der Waals surface area contributed by atoms with Gasteiger partial charge in [0.25, 0.3) is 0 Å². The molecule has 1 saturated heterocycles. The van der Waals surface area contributed by atoms with Gasteiger partial charge in [-0.2, -0.15) is 20.0 Å². The molecule has 1 aromatic carbocycles. The molecule has 143 valence electrons. The van der Waals surface area contributed by atoms with E-state index in [9.17, 15) is 0 Å². The molecule has 2 fully saturated rings. The van der Waals surface area contributed by atoms with Gasteiger partial charge in [0.1, 0.15) is 5.69 Å². The van der Waals surface area contributed by atoms with Gasteiger partial charge in [0.05, 0.1) is 23.0 Å². The van der Waals surface area contributed by atoms with Crippen molar-refractivity contribution in [2.45, 2.75) is 44.7 Å². The molecule has 0 N–H and O–H groups in total. The molecule has 2 bridgehead atoms. The first-order valence-electron chi connectivity index (χ1n) is 9.03. The fourth-order valence-corrected chi connectivity index (χ4v) is 4.60. The van der Waals surface area contributed by atoms with Gasteiger partial charge >= 0.3 is 0 Å². The van der Waals surface area contributed by atoms with Crippen LogP contribution >= 0.6 is 11.6 Å². The second-order valence-corrected chi connectivity index (χ2v) is 7.89. The van der Waals surface area contributed by atoms with E-state index in [0.717, 1.165) is 24.9 Å². The quantitative estimate of drug-likeness (QED) is 0.570. The number of benzene rings is 1. The normalized spacial score (nSPS) is 26.4. The van der Waals surface area contributed by atoms with Crippen molar-refractivity contribution in [1.82, 2.24) is 30.1 Å². The Labute approximate surface area is 192 Å². The molecule has 2 aliphatic rings. The minimum atomic E-state index is -0.312. The van der Waals surface area contributed by atoms with E-state index < -0.39 is 0 Å². The van der Waals surface area contributed by atoms with E-state index in [0.29, 0.717) is 34.4 Å². The SMILES string of the molecule is Cc1noc(C23CC(C)CC(C2)N3[N-]c2ccc(Cl)c(-n3nccn3)c2)n1.[Y]. The molecule has 10 heteroatoms. The van der Waals surface area contributed by atoms with E-state index in [1.807, 2.05) is 25.1 Å². The van der Waals surface area contributed by atoms with Gasteiger partial charge in [-0.05, 0) is 50.3 Å². The maximum atomic E-state index is 6.32. The average molecular weight is 474 g/mol. The molecule has 0 spiro atoms. The first-order chi connectivity index (χ1) is 13.0. The third-order valence-corrected chi connectivity index (χ3v) is 5.75. The monoisotopic (exact) mass is 473 g/mol. The Morgan fingerprint density at radius 2 is 2.04 bits per heavy atom. The Bertz CT molecular complexity index is 978. The van der Waals surface area contributed by atoms with Gasteiger partial charge in [0.2, 0.25) is 5.89 Å². The number of fused-ring (bicyclic) bond motifs is 2. The van der Waals surface area contributed by atoms with E-state index >= 15 is 0 Å². The number of hydrogen-bond acceptors (Lipinski definition) is 6. The Balaban J connectivity index is 0.00000192. The molecule has 1 radical (unpaired) electrons. The maximum Gasteiger partial charge on any atom is 0.246 e.